The van der Waals surface area contributed by atoms with Gasteiger partial charge in [0, 0.05) is 5.02 Å². The maximum atomic E-state index is 12.5. The van der Waals surface area contributed by atoms with Crippen molar-refractivity contribution in [3.8, 4) is 0 Å². The molecule has 4 aromatic rings. The molecule has 0 aliphatic carbocycles. The lowest BCUT2D eigenvalue weighted by Crippen LogP contribution is -2.21. The van der Waals surface area contributed by atoms with Crippen molar-refractivity contribution in [2.75, 3.05) is 5.32 Å². The van der Waals surface area contributed by atoms with Crippen LogP contribution in [0.15, 0.2) is 29.1 Å². The average Bonchev–Trinajstić information content (AvgIpc) is 3.29. The minimum absolute atomic E-state index is 0.0442. The molecule has 3 heterocycles. The molecule has 28 heavy (non-hydrogen) atoms. The number of benzene rings is 1. The van der Waals surface area contributed by atoms with Crippen molar-refractivity contribution in [3.05, 3.63) is 56.0 Å². The Labute approximate surface area is 166 Å². The Balaban J connectivity index is 1.66. The lowest BCUT2D eigenvalue weighted by atomic mass is 10.2. The molecule has 12 heteroatoms. The second-order valence-corrected chi connectivity index (χ2v) is 7.27. The van der Waals surface area contributed by atoms with Crippen molar-refractivity contribution in [2.45, 2.75) is 19.9 Å². The second-order valence-electron chi connectivity index (χ2n) is 5.77. The van der Waals surface area contributed by atoms with Crippen LogP contribution in [0.4, 0.5) is 5.13 Å². The molecule has 2 N–H and O–H groups in total. The molecular weight excluding hydrogens is 404 g/mol. The molecule has 0 bridgehead atoms. The van der Waals surface area contributed by atoms with Crippen LogP contribution in [0.2, 0.25) is 5.02 Å². The number of nitrogens with zero attached hydrogens (tertiary/aromatic N) is 6. The third-order valence-corrected chi connectivity index (χ3v) is 5.02. The summed E-state index contributed by atoms with van der Waals surface area (Å²) in [5.41, 5.74) is 0.537. The van der Waals surface area contributed by atoms with Crippen LogP contribution < -0.4 is 10.9 Å². The van der Waals surface area contributed by atoms with Crippen LogP contribution in [0, 0.1) is 0 Å². The molecule has 0 aliphatic rings. The van der Waals surface area contributed by atoms with Gasteiger partial charge < -0.3 is 4.98 Å². The fourth-order valence-electron chi connectivity index (χ4n) is 2.49. The van der Waals surface area contributed by atoms with E-state index in [-0.39, 0.29) is 17.0 Å². The van der Waals surface area contributed by atoms with Crippen molar-refractivity contribution < 1.29 is 4.79 Å². The standard InChI is InChI=1S/C16H13ClN8O2S/c1-2-10-21-23-16(28-10)20-15(27)12-18-13-11(14(26)19-12)22-24-25(13)7-8-4-3-5-9(17)6-8/h3-6H,2,7H2,1H3,(H,18,19,26)(H,20,23,27). The number of nitrogens with one attached hydrogen (secondary N) is 2. The summed E-state index contributed by atoms with van der Waals surface area (Å²) >= 11 is 7.26. The highest BCUT2D eigenvalue weighted by Gasteiger charge is 2.18. The zero-order chi connectivity index (χ0) is 19.7. The minimum Gasteiger partial charge on any atom is -0.300 e. The number of H-pyrrole nitrogens is 1. The Morgan fingerprint density at radius 2 is 2.18 bits per heavy atom. The number of amides is 1. The number of rotatable bonds is 5. The summed E-state index contributed by atoms with van der Waals surface area (Å²) in [6.45, 7) is 2.23. The summed E-state index contributed by atoms with van der Waals surface area (Å²) in [5, 5.41) is 19.9. The van der Waals surface area contributed by atoms with E-state index in [1.165, 1.54) is 16.0 Å². The lowest BCUT2D eigenvalue weighted by Gasteiger charge is -2.04. The number of carbonyl (C=O) groups excluding carboxylic acids is 1. The number of halogens is 1. The van der Waals surface area contributed by atoms with Crippen LogP contribution in [0.5, 0.6) is 0 Å². The van der Waals surface area contributed by atoms with Crippen molar-refractivity contribution in [1.29, 1.82) is 0 Å². The zero-order valence-electron chi connectivity index (χ0n) is 14.5. The molecule has 142 valence electrons. The van der Waals surface area contributed by atoms with Gasteiger partial charge in [-0.1, -0.05) is 47.2 Å². The van der Waals surface area contributed by atoms with E-state index < -0.39 is 11.5 Å². The number of anilines is 1. The maximum absolute atomic E-state index is 12.5. The largest absolute Gasteiger partial charge is 0.300 e. The van der Waals surface area contributed by atoms with Crippen LogP contribution in [0.3, 0.4) is 0 Å². The van der Waals surface area contributed by atoms with Crippen LogP contribution in [0.25, 0.3) is 11.2 Å². The van der Waals surface area contributed by atoms with Gasteiger partial charge in [-0.25, -0.2) is 9.67 Å². The van der Waals surface area contributed by atoms with Gasteiger partial charge in [-0.15, -0.1) is 15.3 Å². The molecule has 3 aromatic heterocycles. The molecule has 0 unspecified atom stereocenters. The van der Waals surface area contributed by atoms with E-state index in [0.29, 0.717) is 23.1 Å². The van der Waals surface area contributed by atoms with E-state index in [4.69, 9.17) is 11.6 Å². The Morgan fingerprint density at radius 3 is 2.93 bits per heavy atom. The van der Waals surface area contributed by atoms with Gasteiger partial charge in [0.25, 0.3) is 11.5 Å². The molecule has 4 rings (SSSR count). The van der Waals surface area contributed by atoms with Crippen molar-refractivity contribution in [2.24, 2.45) is 0 Å². The van der Waals surface area contributed by atoms with Gasteiger partial charge in [-0.05, 0) is 24.1 Å². The number of hydrogen-bond donors (Lipinski definition) is 2. The molecule has 0 aliphatic heterocycles. The lowest BCUT2D eigenvalue weighted by molar-refractivity contribution is 0.101. The van der Waals surface area contributed by atoms with Crippen LogP contribution in [-0.2, 0) is 13.0 Å². The Bertz CT molecular complexity index is 1230. The highest BCUT2D eigenvalue weighted by molar-refractivity contribution is 7.15. The average molecular weight is 417 g/mol. The van der Waals surface area contributed by atoms with Crippen molar-refractivity contribution in [1.82, 2.24) is 35.2 Å². The number of aryl methyl sites for hydroxylation is 1. The van der Waals surface area contributed by atoms with Crippen molar-refractivity contribution >= 4 is 45.1 Å². The number of carbonyl (C=O) groups is 1. The molecule has 1 amide bonds. The van der Waals surface area contributed by atoms with Gasteiger partial charge in [0.1, 0.15) is 5.01 Å². The summed E-state index contributed by atoms with van der Waals surface area (Å²) in [6, 6.07) is 7.20. The first-order valence-corrected chi connectivity index (χ1v) is 9.44. The molecule has 0 saturated heterocycles. The molecule has 0 saturated carbocycles. The fraction of sp³-hybridized carbons (Fsp3) is 0.188. The first-order chi connectivity index (χ1) is 13.5. The number of aromatic nitrogens is 7. The molecule has 1 aromatic carbocycles. The molecule has 0 spiro atoms. The third kappa shape index (κ3) is 3.62. The van der Waals surface area contributed by atoms with Gasteiger partial charge in [-0.3, -0.25) is 14.9 Å². The zero-order valence-corrected chi connectivity index (χ0v) is 16.1. The molecule has 0 radical (unpaired) electrons. The van der Waals surface area contributed by atoms with Gasteiger partial charge in [0.15, 0.2) is 11.2 Å². The normalized spacial score (nSPS) is 11.1. The fourth-order valence-corrected chi connectivity index (χ4v) is 3.38. The van der Waals surface area contributed by atoms with E-state index in [1.807, 2.05) is 19.1 Å². The molecule has 0 fully saturated rings. The SMILES string of the molecule is CCc1nnc(NC(=O)c2nc3c(nnn3Cc3cccc(Cl)c3)c(=O)[nH]2)s1. The molecule has 0 atom stereocenters. The maximum Gasteiger partial charge on any atom is 0.293 e. The van der Waals surface area contributed by atoms with E-state index >= 15 is 0 Å². The third-order valence-electron chi connectivity index (χ3n) is 3.80. The Morgan fingerprint density at radius 1 is 1.32 bits per heavy atom. The quantitative estimate of drug-likeness (QED) is 0.507. The number of aromatic amines is 1. The first kappa shape index (κ1) is 18.2. The summed E-state index contributed by atoms with van der Waals surface area (Å²) in [7, 11) is 0. The summed E-state index contributed by atoms with van der Waals surface area (Å²) < 4.78 is 1.44. The minimum atomic E-state index is -0.603. The smallest absolute Gasteiger partial charge is 0.293 e. The van der Waals surface area contributed by atoms with Crippen LogP contribution in [-0.4, -0.2) is 41.1 Å². The Hall–Kier alpha value is -3.18. The second kappa shape index (κ2) is 7.44. The predicted molar refractivity (Wildman–Crippen MR) is 104 cm³/mol. The highest BCUT2D eigenvalue weighted by Crippen LogP contribution is 2.16. The summed E-state index contributed by atoms with van der Waals surface area (Å²) in [4.78, 5) is 31.4. The van der Waals surface area contributed by atoms with E-state index in [1.54, 1.807) is 12.1 Å². The number of hydrogen-bond acceptors (Lipinski definition) is 8. The van der Waals surface area contributed by atoms with Gasteiger partial charge in [-0.2, -0.15) is 0 Å². The predicted octanol–water partition coefficient (Wildman–Crippen LogP) is 1.88. The topological polar surface area (TPSA) is 131 Å². The molecular formula is C16H13ClN8O2S. The Kier molecular flexibility index (Phi) is 4.84. The van der Waals surface area contributed by atoms with E-state index in [2.05, 4.69) is 35.8 Å². The van der Waals surface area contributed by atoms with E-state index in [0.717, 1.165) is 10.6 Å². The highest BCUT2D eigenvalue weighted by atomic mass is 35.5. The summed E-state index contributed by atoms with van der Waals surface area (Å²) in [6.07, 6.45) is 0.711. The van der Waals surface area contributed by atoms with E-state index in [9.17, 15) is 9.59 Å². The van der Waals surface area contributed by atoms with Crippen LogP contribution in [0.1, 0.15) is 28.1 Å². The monoisotopic (exact) mass is 416 g/mol. The molecule has 10 nitrogen and oxygen atoms in total. The van der Waals surface area contributed by atoms with Crippen LogP contribution >= 0.6 is 22.9 Å². The summed E-state index contributed by atoms with van der Waals surface area (Å²) in [5.74, 6) is -0.770. The van der Waals surface area contributed by atoms with Gasteiger partial charge in [0.05, 0.1) is 6.54 Å². The number of fused-ring (bicyclic) bond motifs is 1. The first-order valence-electron chi connectivity index (χ1n) is 8.25. The van der Waals surface area contributed by atoms with Gasteiger partial charge >= 0.3 is 0 Å². The van der Waals surface area contributed by atoms with Gasteiger partial charge in [0.2, 0.25) is 11.0 Å². The van der Waals surface area contributed by atoms with Crippen molar-refractivity contribution in [3.63, 3.8) is 0 Å².